The number of nitrogens with zero attached hydrogens (tertiary/aromatic N) is 11. The number of hydrogen-bond acceptors (Lipinski definition) is 8. The van der Waals surface area contributed by atoms with Crippen molar-refractivity contribution in [3.63, 3.8) is 0 Å². The highest BCUT2D eigenvalue weighted by Gasteiger charge is 2.24. The predicted molar refractivity (Wildman–Crippen MR) is 172 cm³/mol. The zero-order chi connectivity index (χ0) is 29.5. The minimum atomic E-state index is 0.732. The summed E-state index contributed by atoms with van der Waals surface area (Å²) in [7, 11) is 0. The lowest BCUT2D eigenvalue weighted by molar-refractivity contribution is 1.04. The molecule has 0 saturated carbocycles. The van der Waals surface area contributed by atoms with E-state index in [2.05, 4.69) is 94.3 Å². The third kappa shape index (κ3) is 3.23. The van der Waals surface area contributed by atoms with Crippen molar-refractivity contribution < 1.29 is 0 Å². The maximum absolute atomic E-state index is 4.78. The van der Waals surface area contributed by atoms with Crippen LogP contribution in [0.5, 0.6) is 0 Å². The van der Waals surface area contributed by atoms with Crippen molar-refractivity contribution >= 4 is 65.9 Å². The minimum Gasteiger partial charge on any atom is -0.307 e. The van der Waals surface area contributed by atoms with Crippen LogP contribution in [0.1, 0.15) is 0 Å². The van der Waals surface area contributed by atoms with Gasteiger partial charge in [0.1, 0.15) is 47.9 Å². The second-order valence-corrected chi connectivity index (χ2v) is 10.8. The molecule has 0 aliphatic heterocycles. The number of para-hydroxylation sites is 2. The van der Waals surface area contributed by atoms with Crippen LogP contribution in [0.4, 0.5) is 0 Å². The fourth-order valence-electron chi connectivity index (χ4n) is 6.65. The first kappa shape index (κ1) is 23.9. The van der Waals surface area contributed by atoms with Crippen molar-refractivity contribution in [2.45, 2.75) is 0 Å². The third-order valence-corrected chi connectivity index (χ3v) is 8.44. The lowest BCUT2D eigenvalue weighted by Crippen LogP contribution is -2.05. The van der Waals surface area contributed by atoms with Crippen LogP contribution in [0.2, 0.25) is 0 Å². The van der Waals surface area contributed by atoms with Gasteiger partial charge in [-0.25, -0.2) is 39.9 Å². The zero-order valence-electron chi connectivity index (χ0n) is 23.4. The van der Waals surface area contributed by atoms with Gasteiger partial charge in [-0.2, -0.15) is 0 Å². The first-order chi connectivity index (χ1) is 22.4. The number of rotatable bonds is 3. The van der Waals surface area contributed by atoms with Gasteiger partial charge in [-0.1, -0.05) is 36.4 Å². The molecule has 0 N–H and O–H groups in total. The number of fused-ring (bicyclic) bond motifs is 9. The maximum atomic E-state index is 4.78. The molecule has 7 aromatic heterocycles. The van der Waals surface area contributed by atoms with Gasteiger partial charge in [0.05, 0.1) is 22.4 Å². The maximum Gasteiger partial charge on any atom is 0.150 e. The number of hydrogen-bond donors (Lipinski definition) is 0. The van der Waals surface area contributed by atoms with Crippen molar-refractivity contribution in [3.05, 3.63) is 117 Å². The topological polar surface area (TPSA) is 118 Å². The molecule has 0 aliphatic carbocycles. The third-order valence-electron chi connectivity index (χ3n) is 8.44. The first-order valence-electron chi connectivity index (χ1n) is 14.3. The van der Waals surface area contributed by atoms with E-state index in [0.29, 0.717) is 0 Å². The first-order valence-corrected chi connectivity index (χ1v) is 14.3. The largest absolute Gasteiger partial charge is 0.307 e. The summed E-state index contributed by atoms with van der Waals surface area (Å²) >= 11 is 0. The molecule has 0 bridgehead atoms. The van der Waals surface area contributed by atoms with Crippen LogP contribution >= 0.6 is 0 Å². The van der Waals surface area contributed by atoms with Crippen LogP contribution in [0.25, 0.3) is 83.0 Å². The van der Waals surface area contributed by atoms with Crippen molar-refractivity contribution in [1.29, 1.82) is 0 Å². The molecule has 0 amide bonds. The summed E-state index contributed by atoms with van der Waals surface area (Å²) in [6.45, 7) is 0. The molecule has 0 atom stereocenters. The smallest absolute Gasteiger partial charge is 0.150 e. The molecule has 0 radical (unpaired) electrons. The average molecular weight is 582 g/mol. The van der Waals surface area contributed by atoms with Gasteiger partial charge < -0.3 is 4.57 Å². The summed E-state index contributed by atoms with van der Waals surface area (Å²) in [5.41, 5.74) is 7.84. The Bertz CT molecular complexity index is 2670. The Morgan fingerprint density at radius 1 is 0.400 bits per heavy atom. The van der Waals surface area contributed by atoms with E-state index in [1.807, 2.05) is 30.9 Å². The van der Waals surface area contributed by atoms with Crippen molar-refractivity contribution in [1.82, 2.24) is 53.6 Å². The SMILES string of the molecule is c1ccc(-n2c3ccccc3c3cc(-n4c5ncncc5c5cncnc54)cc(-n4c5ncncc5c5cncnc54)c32)cc1. The molecule has 0 aliphatic rings. The summed E-state index contributed by atoms with van der Waals surface area (Å²) in [5, 5.41) is 5.64. The van der Waals surface area contributed by atoms with Crippen LogP contribution < -0.4 is 0 Å². The van der Waals surface area contributed by atoms with Crippen LogP contribution in [0.15, 0.2) is 117 Å². The Hall–Kier alpha value is -6.62. The lowest BCUT2D eigenvalue weighted by Gasteiger charge is -2.16. The molecule has 0 saturated heterocycles. The quantitative estimate of drug-likeness (QED) is 0.244. The Labute approximate surface area is 253 Å². The van der Waals surface area contributed by atoms with Gasteiger partial charge in [-0.05, 0) is 30.3 Å². The summed E-state index contributed by atoms with van der Waals surface area (Å²) in [6, 6.07) is 23.2. The molecule has 10 aromatic rings. The average Bonchev–Trinajstić information content (AvgIpc) is 3.74. The normalized spacial score (nSPS) is 12.0. The van der Waals surface area contributed by atoms with Gasteiger partial charge >= 0.3 is 0 Å². The molecule has 210 valence electrons. The molecule has 11 nitrogen and oxygen atoms in total. The van der Waals surface area contributed by atoms with Gasteiger partial charge in [0, 0.05) is 62.8 Å². The predicted octanol–water partition coefficient (Wildman–Crippen LogP) is 6.14. The van der Waals surface area contributed by atoms with Crippen LogP contribution in [0.3, 0.4) is 0 Å². The monoisotopic (exact) mass is 581 g/mol. The van der Waals surface area contributed by atoms with Gasteiger partial charge in [0.25, 0.3) is 0 Å². The van der Waals surface area contributed by atoms with E-state index in [1.165, 1.54) is 0 Å². The Balaban J connectivity index is 1.46. The van der Waals surface area contributed by atoms with Crippen molar-refractivity contribution in [3.8, 4) is 17.1 Å². The number of aromatic nitrogens is 11. The highest BCUT2D eigenvalue weighted by atomic mass is 15.2. The Kier molecular flexibility index (Phi) is 4.75. The minimum absolute atomic E-state index is 0.732. The summed E-state index contributed by atoms with van der Waals surface area (Å²) < 4.78 is 6.49. The van der Waals surface area contributed by atoms with Crippen LogP contribution in [0, 0.1) is 0 Å². The second kappa shape index (κ2) is 8.94. The molecule has 0 unspecified atom stereocenters. The number of benzene rings is 3. The fraction of sp³-hybridized carbons (Fsp3) is 0. The molecular formula is C34H19N11. The van der Waals surface area contributed by atoms with Gasteiger partial charge in [0.15, 0.2) is 0 Å². The highest BCUT2D eigenvalue weighted by Crippen LogP contribution is 2.41. The molecule has 3 aromatic carbocycles. The Morgan fingerprint density at radius 2 is 0.911 bits per heavy atom. The van der Waals surface area contributed by atoms with Gasteiger partial charge in [-0.3, -0.25) is 9.13 Å². The molecule has 0 spiro atoms. The summed E-state index contributed by atoms with van der Waals surface area (Å²) in [6.07, 6.45) is 13.5. The van der Waals surface area contributed by atoms with E-state index in [1.54, 1.807) is 25.3 Å². The van der Waals surface area contributed by atoms with E-state index in [0.717, 1.165) is 83.0 Å². The van der Waals surface area contributed by atoms with E-state index in [-0.39, 0.29) is 0 Å². The highest BCUT2D eigenvalue weighted by molar-refractivity contribution is 6.15. The Morgan fingerprint density at radius 3 is 1.49 bits per heavy atom. The van der Waals surface area contributed by atoms with Crippen LogP contribution in [-0.2, 0) is 0 Å². The van der Waals surface area contributed by atoms with E-state index < -0.39 is 0 Å². The van der Waals surface area contributed by atoms with E-state index in [4.69, 9.17) is 19.9 Å². The van der Waals surface area contributed by atoms with Crippen molar-refractivity contribution in [2.24, 2.45) is 0 Å². The molecule has 7 heterocycles. The fourth-order valence-corrected chi connectivity index (χ4v) is 6.65. The molecule has 45 heavy (non-hydrogen) atoms. The molecule has 10 rings (SSSR count). The molecular weight excluding hydrogens is 562 g/mol. The molecule has 11 heteroatoms. The summed E-state index contributed by atoms with van der Waals surface area (Å²) in [5.74, 6) is 0. The van der Waals surface area contributed by atoms with Crippen LogP contribution in [-0.4, -0.2) is 53.6 Å². The zero-order valence-corrected chi connectivity index (χ0v) is 23.4. The lowest BCUT2D eigenvalue weighted by atomic mass is 10.1. The van der Waals surface area contributed by atoms with E-state index >= 15 is 0 Å². The van der Waals surface area contributed by atoms with E-state index in [9.17, 15) is 0 Å². The standard InChI is InChI=1S/C34H19N11/c1-2-6-20(7-3-1)43-28-9-5-4-8-22(28)23-10-21(44-31-24(12-35-16-39-31)25-13-36-17-40-32(25)44)11-29(30(23)43)45-33-26(14-37-18-41-33)27-15-38-19-42-34(27)45/h1-19H. The summed E-state index contributed by atoms with van der Waals surface area (Å²) in [4.78, 5) is 36.3. The van der Waals surface area contributed by atoms with Gasteiger partial charge in [0.2, 0.25) is 0 Å². The van der Waals surface area contributed by atoms with Crippen molar-refractivity contribution in [2.75, 3.05) is 0 Å². The molecule has 0 fully saturated rings. The van der Waals surface area contributed by atoms with Gasteiger partial charge in [-0.15, -0.1) is 0 Å². The second-order valence-electron chi connectivity index (χ2n) is 10.8.